The third-order valence-corrected chi connectivity index (χ3v) is 7.94. The van der Waals surface area contributed by atoms with Crippen LogP contribution < -0.4 is 0 Å². The molecule has 0 unspecified atom stereocenters. The molecule has 0 aromatic rings. The molecular formula is C14H30O2Si. The van der Waals surface area contributed by atoms with Gasteiger partial charge in [-0.05, 0) is 32.1 Å². The molecule has 0 bridgehead atoms. The Kier molecular flexibility index (Phi) is 5.67. The van der Waals surface area contributed by atoms with Gasteiger partial charge in [0.05, 0.1) is 0 Å². The van der Waals surface area contributed by atoms with Crippen molar-refractivity contribution in [3.8, 4) is 0 Å². The van der Waals surface area contributed by atoms with Crippen LogP contribution in [0.5, 0.6) is 0 Å². The second-order valence-electron chi connectivity index (χ2n) is 6.21. The summed E-state index contributed by atoms with van der Waals surface area (Å²) in [6.07, 6.45) is 6.68. The van der Waals surface area contributed by atoms with E-state index in [0.717, 1.165) is 13.2 Å². The normalized spacial score (nSPS) is 20.8. The monoisotopic (exact) mass is 258 g/mol. The van der Waals surface area contributed by atoms with Crippen LogP contribution in [0.3, 0.4) is 0 Å². The second-order valence-corrected chi connectivity index (χ2v) is 8.65. The lowest BCUT2D eigenvalue weighted by Crippen LogP contribution is -2.47. The predicted octanol–water partition coefficient (Wildman–Crippen LogP) is 4.03. The summed E-state index contributed by atoms with van der Waals surface area (Å²) in [6, 6.07) is 0. The van der Waals surface area contributed by atoms with Gasteiger partial charge >= 0.3 is 9.28 Å². The van der Waals surface area contributed by atoms with E-state index in [-0.39, 0.29) is 0 Å². The fourth-order valence-electron chi connectivity index (χ4n) is 3.19. The van der Waals surface area contributed by atoms with Gasteiger partial charge in [0.1, 0.15) is 0 Å². The molecule has 0 amide bonds. The Hall–Kier alpha value is 0.137. The van der Waals surface area contributed by atoms with Crippen molar-refractivity contribution in [1.29, 1.82) is 0 Å². The smallest absolute Gasteiger partial charge is 0.328 e. The highest BCUT2D eigenvalue weighted by molar-refractivity contribution is 6.49. The summed E-state index contributed by atoms with van der Waals surface area (Å²) in [5, 5.41) is 0.331. The molecule has 1 rings (SSSR count). The molecule has 2 nitrogen and oxygen atoms in total. The molecule has 0 spiro atoms. The highest BCUT2D eigenvalue weighted by Gasteiger charge is 2.51. The lowest BCUT2D eigenvalue weighted by molar-refractivity contribution is 0.105. The SMILES string of the molecule is CCO[SiH](OCC)C1(C(C)(C)C)CCCCC1. The Morgan fingerprint density at radius 1 is 0.941 bits per heavy atom. The fourth-order valence-corrected chi connectivity index (χ4v) is 6.12. The number of hydrogen-bond donors (Lipinski definition) is 0. The molecule has 0 radical (unpaired) electrons. The summed E-state index contributed by atoms with van der Waals surface area (Å²) in [5.74, 6) is 0. The number of hydrogen-bond acceptors (Lipinski definition) is 2. The van der Waals surface area contributed by atoms with Crippen LogP contribution >= 0.6 is 0 Å². The van der Waals surface area contributed by atoms with E-state index in [1.165, 1.54) is 32.1 Å². The van der Waals surface area contributed by atoms with Gasteiger partial charge in [0.2, 0.25) is 0 Å². The van der Waals surface area contributed by atoms with Crippen LogP contribution in [0.1, 0.15) is 66.7 Å². The molecule has 1 fully saturated rings. The van der Waals surface area contributed by atoms with Crippen molar-refractivity contribution in [3.63, 3.8) is 0 Å². The summed E-state index contributed by atoms with van der Waals surface area (Å²) in [7, 11) is -1.58. The second kappa shape index (κ2) is 6.35. The molecule has 1 saturated carbocycles. The van der Waals surface area contributed by atoms with Gasteiger partial charge in [-0.15, -0.1) is 0 Å². The van der Waals surface area contributed by atoms with Gasteiger partial charge in [0.25, 0.3) is 0 Å². The van der Waals surface area contributed by atoms with Crippen molar-refractivity contribution < 1.29 is 8.85 Å². The third-order valence-electron chi connectivity index (χ3n) is 4.33. The van der Waals surface area contributed by atoms with Gasteiger partial charge < -0.3 is 8.85 Å². The average Bonchev–Trinajstić information content (AvgIpc) is 2.28. The minimum atomic E-state index is -1.58. The van der Waals surface area contributed by atoms with Crippen molar-refractivity contribution in [2.75, 3.05) is 13.2 Å². The van der Waals surface area contributed by atoms with Gasteiger partial charge in [0.15, 0.2) is 0 Å². The Morgan fingerprint density at radius 3 is 1.76 bits per heavy atom. The van der Waals surface area contributed by atoms with Crippen LogP contribution in [0.25, 0.3) is 0 Å². The zero-order chi connectivity index (χ0) is 12.9. The van der Waals surface area contributed by atoms with E-state index in [1.54, 1.807) is 0 Å². The van der Waals surface area contributed by atoms with E-state index in [1.807, 2.05) is 0 Å². The highest BCUT2D eigenvalue weighted by atomic mass is 28.3. The highest BCUT2D eigenvalue weighted by Crippen LogP contribution is 2.58. The average molecular weight is 258 g/mol. The Morgan fingerprint density at radius 2 is 1.41 bits per heavy atom. The van der Waals surface area contributed by atoms with Gasteiger partial charge in [-0.25, -0.2) is 0 Å². The first kappa shape index (κ1) is 15.2. The van der Waals surface area contributed by atoms with Crippen molar-refractivity contribution in [2.24, 2.45) is 5.41 Å². The molecule has 0 atom stereocenters. The van der Waals surface area contributed by atoms with Gasteiger partial charge in [-0.2, -0.15) is 0 Å². The Balaban J connectivity index is 2.93. The lowest BCUT2D eigenvalue weighted by Gasteiger charge is -2.50. The quantitative estimate of drug-likeness (QED) is 0.693. The Labute approximate surface area is 109 Å². The molecule has 0 aromatic heterocycles. The predicted molar refractivity (Wildman–Crippen MR) is 75.6 cm³/mol. The molecule has 0 heterocycles. The van der Waals surface area contributed by atoms with Crippen LogP contribution in [-0.4, -0.2) is 22.5 Å². The maximum atomic E-state index is 6.07. The maximum absolute atomic E-state index is 6.07. The summed E-state index contributed by atoms with van der Waals surface area (Å²) < 4.78 is 12.1. The molecule has 3 heteroatoms. The van der Waals surface area contributed by atoms with Crippen LogP contribution in [0, 0.1) is 5.41 Å². The van der Waals surface area contributed by atoms with Gasteiger partial charge in [-0.3, -0.25) is 0 Å². The van der Waals surface area contributed by atoms with E-state index < -0.39 is 9.28 Å². The van der Waals surface area contributed by atoms with E-state index in [2.05, 4.69) is 34.6 Å². The van der Waals surface area contributed by atoms with E-state index in [0.29, 0.717) is 10.5 Å². The maximum Gasteiger partial charge on any atom is 0.328 e. The summed E-state index contributed by atoms with van der Waals surface area (Å²) in [6.45, 7) is 12.9. The van der Waals surface area contributed by atoms with Crippen molar-refractivity contribution >= 4 is 9.28 Å². The molecule has 1 aliphatic carbocycles. The largest absolute Gasteiger partial charge is 0.396 e. The van der Waals surface area contributed by atoms with Gasteiger partial charge in [0, 0.05) is 18.3 Å². The summed E-state index contributed by atoms with van der Waals surface area (Å²) in [5.41, 5.74) is 0.300. The topological polar surface area (TPSA) is 18.5 Å². The van der Waals surface area contributed by atoms with Crippen LogP contribution in [0.2, 0.25) is 5.04 Å². The molecule has 1 aliphatic rings. The van der Waals surface area contributed by atoms with Crippen molar-refractivity contribution in [3.05, 3.63) is 0 Å². The summed E-state index contributed by atoms with van der Waals surface area (Å²) in [4.78, 5) is 0. The lowest BCUT2D eigenvalue weighted by atomic mass is 9.71. The third kappa shape index (κ3) is 3.33. The summed E-state index contributed by atoms with van der Waals surface area (Å²) >= 11 is 0. The molecule has 0 aromatic carbocycles. The van der Waals surface area contributed by atoms with E-state index >= 15 is 0 Å². The van der Waals surface area contributed by atoms with Crippen LogP contribution in [0.4, 0.5) is 0 Å². The Bertz CT molecular complexity index is 211. The minimum absolute atomic E-state index is 0.300. The molecule has 0 N–H and O–H groups in total. The molecule has 102 valence electrons. The zero-order valence-corrected chi connectivity index (χ0v) is 13.5. The molecule has 0 aliphatic heterocycles. The molecule has 17 heavy (non-hydrogen) atoms. The van der Waals surface area contributed by atoms with E-state index in [9.17, 15) is 0 Å². The molecule has 0 saturated heterocycles. The first-order valence-corrected chi connectivity index (χ1v) is 8.73. The van der Waals surface area contributed by atoms with Crippen molar-refractivity contribution in [1.82, 2.24) is 0 Å². The first-order valence-electron chi connectivity index (χ1n) is 7.21. The number of rotatable bonds is 5. The first-order chi connectivity index (χ1) is 7.98. The van der Waals surface area contributed by atoms with Crippen molar-refractivity contribution in [2.45, 2.75) is 71.8 Å². The van der Waals surface area contributed by atoms with Crippen LogP contribution in [-0.2, 0) is 8.85 Å². The molecular weight excluding hydrogens is 228 g/mol. The zero-order valence-electron chi connectivity index (χ0n) is 12.3. The minimum Gasteiger partial charge on any atom is -0.396 e. The fraction of sp³-hybridized carbons (Fsp3) is 1.00. The van der Waals surface area contributed by atoms with Crippen LogP contribution in [0.15, 0.2) is 0 Å². The van der Waals surface area contributed by atoms with Gasteiger partial charge in [-0.1, -0.05) is 40.0 Å². The standard InChI is InChI=1S/C14H30O2Si/c1-6-15-17(16-7-2)14(13(3,4)5)11-9-8-10-12-14/h17H,6-12H2,1-5H3. The van der Waals surface area contributed by atoms with E-state index in [4.69, 9.17) is 8.85 Å².